The molecule has 0 fully saturated rings. The van der Waals surface area contributed by atoms with E-state index in [1.54, 1.807) is 25.3 Å². The van der Waals surface area contributed by atoms with E-state index in [0.29, 0.717) is 5.56 Å². The minimum atomic E-state index is -2.91. The number of esters is 1. The first-order valence-corrected chi connectivity index (χ1v) is 12.5. The Morgan fingerprint density at radius 3 is 1.61 bits per heavy atom. The number of hydrogen-bond donors (Lipinski definition) is 0. The number of Topliss-reactive ketones (excluding diaryl/α,β-unsaturated/α-hetero) is 1. The highest BCUT2D eigenvalue weighted by atomic mass is 31.2. The molecule has 3 aromatic carbocycles. The van der Waals surface area contributed by atoms with E-state index in [0.717, 1.165) is 15.9 Å². The van der Waals surface area contributed by atoms with Crippen LogP contribution in [0.5, 0.6) is 0 Å². The summed E-state index contributed by atoms with van der Waals surface area (Å²) >= 11 is 0. The summed E-state index contributed by atoms with van der Waals surface area (Å²) in [6, 6.07) is 32.7. The molecule has 0 N–H and O–H groups in total. The molecule has 0 saturated heterocycles. The third-order valence-electron chi connectivity index (χ3n) is 5.37. The minimum absolute atomic E-state index is 0.140. The Balaban J connectivity index is 2.26. The van der Waals surface area contributed by atoms with Crippen LogP contribution in [0.2, 0.25) is 0 Å². The largest absolute Gasteiger partial charge is 0.462 e. The zero-order valence-corrected chi connectivity index (χ0v) is 19.2. The minimum Gasteiger partial charge on any atom is -0.462 e. The standard InChI is InChI=1S/C28H24NO3P/c1-2-32-28(31)27(26(30)22-13-12-20-29-21-22)33(23-14-6-3-7-15-23,24-16-8-4-9-17-24)25-18-10-5-11-19-25/h3-21H,2H2,1H3. The number of ketones is 1. The van der Waals surface area contributed by atoms with E-state index in [9.17, 15) is 9.59 Å². The zero-order valence-electron chi connectivity index (χ0n) is 18.3. The number of carbonyl (C=O) groups is 2. The molecule has 4 nitrogen and oxygen atoms in total. The summed E-state index contributed by atoms with van der Waals surface area (Å²) in [6.07, 6.45) is 3.10. The molecule has 0 atom stereocenters. The van der Waals surface area contributed by atoms with Crippen molar-refractivity contribution in [1.29, 1.82) is 0 Å². The summed E-state index contributed by atoms with van der Waals surface area (Å²) in [5.74, 6) is -0.970. The summed E-state index contributed by atoms with van der Waals surface area (Å²) in [6.45, 7) is -0.991. The molecule has 0 amide bonds. The Hall–Kier alpha value is -3.75. The Labute approximate surface area is 193 Å². The van der Waals surface area contributed by atoms with Crippen LogP contribution >= 0.6 is 6.89 Å². The highest BCUT2D eigenvalue weighted by Crippen LogP contribution is 2.47. The van der Waals surface area contributed by atoms with Gasteiger partial charge in [-0.15, -0.1) is 0 Å². The van der Waals surface area contributed by atoms with Gasteiger partial charge in [0.05, 0.1) is 6.61 Å². The molecule has 0 saturated carbocycles. The van der Waals surface area contributed by atoms with Crippen molar-refractivity contribution in [3.8, 4) is 0 Å². The molecule has 164 valence electrons. The number of rotatable bonds is 7. The average molecular weight is 453 g/mol. The van der Waals surface area contributed by atoms with Crippen LogP contribution in [-0.4, -0.2) is 28.6 Å². The quantitative estimate of drug-likeness (QED) is 0.184. The first-order chi connectivity index (χ1) is 16.2. The van der Waals surface area contributed by atoms with E-state index in [4.69, 9.17) is 4.74 Å². The van der Waals surface area contributed by atoms with E-state index in [1.807, 2.05) is 91.0 Å². The topological polar surface area (TPSA) is 56.3 Å². The molecular weight excluding hydrogens is 429 g/mol. The van der Waals surface area contributed by atoms with Gasteiger partial charge in [-0.25, -0.2) is 4.79 Å². The maximum Gasteiger partial charge on any atom is 0.343 e. The van der Waals surface area contributed by atoms with Crippen molar-refractivity contribution in [2.75, 3.05) is 6.61 Å². The van der Waals surface area contributed by atoms with Gasteiger partial charge in [0.1, 0.15) is 5.29 Å². The molecule has 0 aliphatic carbocycles. The summed E-state index contributed by atoms with van der Waals surface area (Å²) in [7, 11) is 0. The second-order valence-electron chi connectivity index (χ2n) is 7.32. The molecule has 4 aromatic rings. The van der Waals surface area contributed by atoms with Crippen molar-refractivity contribution in [2.45, 2.75) is 6.92 Å². The molecule has 0 aliphatic heterocycles. The van der Waals surface area contributed by atoms with Crippen LogP contribution in [0.3, 0.4) is 0 Å². The number of nitrogens with zero attached hydrogens (tertiary/aromatic N) is 1. The monoisotopic (exact) mass is 453 g/mol. The highest BCUT2D eigenvalue weighted by molar-refractivity contribution is 7.97. The molecule has 4 rings (SSSR count). The Morgan fingerprint density at radius 2 is 1.21 bits per heavy atom. The van der Waals surface area contributed by atoms with Gasteiger partial charge in [0, 0.05) is 18.0 Å². The fourth-order valence-electron chi connectivity index (χ4n) is 4.00. The summed E-state index contributed by atoms with van der Waals surface area (Å²) < 4.78 is 5.53. The molecular formula is C28H24NO3P. The first kappa shape index (κ1) is 22.4. The van der Waals surface area contributed by atoms with Crippen LogP contribution in [0.4, 0.5) is 0 Å². The van der Waals surface area contributed by atoms with Gasteiger partial charge in [0.25, 0.3) is 0 Å². The van der Waals surface area contributed by atoms with Gasteiger partial charge in [-0.1, -0.05) is 91.0 Å². The summed E-state index contributed by atoms with van der Waals surface area (Å²) in [5.41, 5.74) is 0.354. The molecule has 5 heteroatoms. The van der Waals surface area contributed by atoms with Crippen molar-refractivity contribution >= 4 is 39.8 Å². The van der Waals surface area contributed by atoms with Crippen LogP contribution in [0, 0.1) is 0 Å². The normalized spacial score (nSPS) is 10.9. The second-order valence-corrected chi connectivity index (χ2v) is 10.7. The summed E-state index contributed by atoms with van der Waals surface area (Å²) in [5, 5.41) is 2.86. The third kappa shape index (κ3) is 4.30. The van der Waals surface area contributed by atoms with Gasteiger partial charge in [-0.3, -0.25) is 9.78 Å². The van der Waals surface area contributed by atoms with Gasteiger partial charge in [0.2, 0.25) is 5.78 Å². The van der Waals surface area contributed by atoms with Crippen molar-refractivity contribution < 1.29 is 14.3 Å². The Kier molecular flexibility index (Phi) is 6.97. The van der Waals surface area contributed by atoms with Gasteiger partial charge in [-0.05, 0) is 41.9 Å². The predicted molar refractivity (Wildman–Crippen MR) is 135 cm³/mol. The smallest absolute Gasteiger partial charge is 0.343 e. The molecule has 0 spiro atoms. The number of carbonyl (C=O) groups excluding carboxylic acids is 2. The number of benzene rings is 3. The Morgan fingerprint density at radius 1 is 0.727 bits per heavy atom. The van der Waals surface area contributed by atoms with E-state index in [1.165, 1.54) is 6.20 Å². The van der Waals surface area contributed by atoms with Gasteiger partial charge in [0.15, 0.2) is 0 Å². The van der Waals surface area contributed by atoms with E-state index < -0.39 is 12.9 Å². The van der Waals surface area contributed by atoms with Gasteiger partial charge in [-0.2, -0.15) is 0 Å². The molecule has 0 radical (unpaired) electrons. The lowest BCUT2D eigenvalue weighted by atomic mass is 10.1. The number of aromatic nitrogens is 1. The molecule has 0 unspecified atom stereocenters. The SMILES string of the molecule is CCOC(=O)C(C(=O)c1cccnc1)=P(c1ccccc1)(c1ccccc1)c1ccccc1. The van der Waals surface area contributed by atoms with Crippen LogP contribution in [0.1, 0.15) is 17.3 Å². The van der Waals surface area contributed by atoms with Crippen molar-refractivity contribution in [3.63, 3.8) is 0 Å². The van der Waals surface area contributed by atoms with Crippen LogP contribution in [-0.2, 0) is 9.53 Å². The lowest BCUT2D eigenvalue weighted by Crippen LogP contribution is -2.38. The zero-order chi connectivity index (χ0) is 23.1. The second kappa shape index (κ2) is 10.2. The lowest BCUT2D eigenvalue weighted by molar-refractivity contribution is -0.134. The van der Waals surface area contributed by atoms with E-state index in [2.05, 4.69) is 4.98 Å². The maximum atomic E-state index is 14.1. The summed E-state index contributed by atoms with van der Waals surface area (Å²) in [4.78, 5) is 31.8. The molecule has 0 bridgehead atoms. The first-order valence-electron chi connectivity index (χ1n) is 10.7. The fraction of sp³-hybridized carbons (Fsp3) is 0.0714. The molecule has 1 heterocycles. The number of pyridine rings is 1. The number of hydrogen-bond acceptors (Lipinski definition) is 4. The highest BCUT2D eigenvalue weighted by Gasteiger charge is 2.38. The molecule has 0 aliphatic rings. The van der Waals surface area contributed by atoms with E-state index in [-0.39, 0.29) is 17.7 Å². The van der Waals surface area contributed by atoms with E-state index >= 15 is 0 Å². The molecule has 33 heavy (non-hydrogen) atoms. The predicted octanol–water partition coefficient (Wildman–Crippen LogP) is 3.99. The van der Waals surface area contributed by atoms with Gasteiger partial charge >= 0.3 is 5.97 Å². The van der Waals surface area contributed by atoms with Crippen LogP contribution < -0.4 is 15.9 Å². The van der Waals surface area contributed by atoms with Gasteiger partial charge < -0.3 is 4.74 Å². The molecule has 1 aromatic heterocycles. The van der Waals surface area contributed by atoms with Crippen molar-refractivity contribution in [2.24, 2.45) is 0 Å². The van der Waals surface area contributed by atoms with Crippen molar-refractivity contribution in [3.05, 3.63) is 121 Å². The fourth-order valence-corrected chi connectivity index (χ4v) is 8.30. The van der Waals surface area contributed by atoms with Crippen molar-refractivity contribution in [1.82, 2.24) is 4.98 Å². The van der Waals surface area contributed by atoms with Crippen LogP contribution in [0.25, 0.3) is 0 Å². The Bertz CT molecular complexity index is 1180. The lowest BCUT2D eigenvalue weighted by Gasteiger charge is -2.31. The average Bonchev–Trinajstić information content (AvgIpc) is 2.89. The number of ether oxygens (including phenoxy) is 1. The maximum absolute atomic E-state index is 14.1. The third-order valence-corrected chi connectivity index (χ3v) is 9.65. The van der Waals surface area contributed by atoms with Crippen LogP contribution in [0.15, 0.2) is 116 Å².